The van der Waals surface area contributed by atoms with Crippen molar-refractivity contribution in [1.29, 1.82) is 5.26 Å². The topological polar surface area (TPSA) is 57.0 Å². The van der Waals surface area contributed by atoms with Crippen LogP contribution in [0.5, 0.6) is 0 Å². The first kappa shape index (κ1) is 17.0. The van der Waals surface area contributed by atoms with Gasteiger partial charge in [-0.3, -0.25) is 9.78 Å². The molecule has 1 heterocycles. The number of aromatic nitrogens is 1. The normalized spacial score (nSPS) is 10.1. The Morgan fingerprint density at radius 3 is 2.78 bits per heavy atom. The third-order valence-corrected chi connectivity index (χ3v) is 3.69. The summed E-state index contributed by atoms with van der Waals surface area (Å²) >= 11 is 5.96. The van der Waals surface area contributed by atoms with Crippen molar-refractivity contribution in [3.05, 3.63) is 64.9 Å². The highest BCUT2D eigenvalue weighted by molar-refractivity contribution is 6.30. The second-order valence-electron chi connectivity index (χ2n) is 5.21. The van der Waals surface area contributed by atoms with Crippen LogP contribution in [0.3, 0.4) is 0 Å². The van der Waals surface area contributed by atoms with Crippen molar-refractivity contribution in [3.8, 4) is 6.07 Å². The molecule has 0 bridgehead atoms. The lowest BCUT2D eigenvalue weighted by Crippen LogP contribution is -2.31. The minimum atomic E-state index is 0.0316. The molecule has 4 nitrogen and oxygen atoms in total. The molecule has 0 fully saturated rings. The number of carbonyl (C=O) groups excluding carboxylic acids is 1. The monoisotopic (exact) mass is 327 g/mol. The van der Waals surface area contributed by atoms with Crippen LogP contribution in [-0.4, -0.2) is 22.3 Å². The maximum Gasteiger partial charge on any atom is 0.223 e. The summed E-state index contributed by atoms with van der Waals surface area (Å²) in [6.45, 7) is 0.906. The van der Waals surface area contributed by atoms with Gasteiger partial charge in [-0.2, -0.15) is 5.26 Å². The highest BCUT2D eigenvalue weighted by Gasteiger charge is 2.14. The summed E-state index contributed by atoms with van der Waals surface area (Å²) < 4.78 is 0. The largest absolute Gasteiger partial charge is 0.337 e. The summed E-state index contributed by atoms with van der Waals surface area (Å²) in [5.41, 5.74) is 1.99. The number of amides is 1. The maximum atomic E-state index is 12.5. The first-order valence-corrected chi connectivity index (χ1v) is 7.85. The first-order chi connectivity index (χ1) is 11.2. The molecule has 0 aliphatic carbocycles. The average Bonchev–Trinajstić information content (AvgIpc) is 2.57. The second-order valence-corrected chi connectivity index (χ2v) is 5.65. The predicted molar refractivity (Wildman–Crippen MR) is 89.7 cm³/mol. The molecular weight excluding hydrogens is 310 g/mol. The molecule has 2 rings (SSSR count). The fourth-order valence-electron chi connectivity index (χ4n) is 2.29. The first-order valence-electron chi connectivity index (χ1n) is 7.47. The van der Waals surface area contributed by atoms with Gasteiger partial charge >= 0.3 is 0 Å². The minimum absolute atomic E-state index is 0.0316. The number of nitrogens with zero attached hydrogens (tertiary/aromatic N) is 3. The fraction of sp³-hybridized carbons (Fsp3) is 0.278. The number of halogens is 1. The van der Waals surface area contributed by atoms with Crippen LogP contribution in [0, 0.1) is 11.3 Å². The summed E-state index contributed by atoms with van der Waals surface area (Å²) in [5, 5.41) is 9.46. The molecule has 0 aliphatic heterocycles. The Hall–Kier alpha value is -2.38. The molecule has 23 heavy (non-hydrogen) atoms. The molecule has 0 aliphatic rings. The van der Waals surface area contributed by atoms with Crippen LogP contribution >= 0.6 is 11.6 Å². The molecule has 1 aromatic carbocycles. The standard InChI is InChI=1S/C18H18ClN3O/c19-17-6-1-4-15(12-17)7-8-18(23)22(11-3-9-20)14-16-5-2-10-21-13-16/h1-2,4-6,10,12-13H,3,7-8,11,14H2. The summed E-state index contributed by atoms with van der Waals surface area (Å²) in [6.07, 6.45) is 4.79. The summed E-state index contributed by atoms with van der Waals surface area (Å²) in [4.78, 5) is 18.3. The zero-order valence-electron chi connectivity index (χ0n) is 12.8. The molecular formula is C18H18ClN3O. The van der Waals surface area contributed by atoms with Gasteiger partial charge in [0.05, 0.1) is 12.5 Å². The molecule has 1 amide bonds. The molecule has 0 saturated heterocycles. The molecule has 118 valence electrons. The van der Waals surface area contributed by atoms with Gasteiger partial charge in [0.2, 0.25) is 5.91 Å². The smallest absolute Gasteiger partial charge is 0.223 e. The Labute approximate surface area is 141 Å². The van der Waals surface area contributed by atoms with Gasteiger partial charge in [0.25, 0.3) is 0 Å². The van der Waals surface area contributed by atoms with E-state index in [0.717, 1.165) is 11.1 Å². The van der Waals surface area contributed by atoms with Crippen molar-refractivity contribution < 1.29 is 4.79 Å². The minimum Gasteiger partial charge on any atom is -0.337 e. The Balaban J connectivity index is 1.97. The molecule has 0 spiro atoms. The van der Waals surface area contributed by atoms with Gasteiger partial charge in [0, 0.05) is 36.9 Å². The zero-order chi connectivity index (χ0) is 16.5. The second kappa shape index (κ2) is 8.92. The Bertz CT molecular complexity index is 682. The van der Waals surface area contributed by atoms with Crippen LogP contribution in [0.25, 0.3) is 0 Å². The quantitative estimate of drug-likeness (QED) is 0.780. The third-order valence-electron chi connectivity index (χ3n) is 3.46. The SMILES string of the molecule is N#CCCN(Cc1cccnc1)C(=O)CCc1cccc(Cl)c1. The van der Waals surface area contributed by atoms with Gasteiger partial charge in [-0.05, 0) is 35.7 Å². The van der Waals surface area contributed by atoms with Crippen LogP contribution in [0.1, 0.15) is 24.0 Å². The number of carbonyl (C=O) groups is 1. The number of rotatable bonds is 7. The third kappa shape index (κ3) is 5.72. The van der Waals surface area contributed by atoms with Crippen LogP contribution in [0.2, 0.25) is 5.02 Å². The van der Waals surface area contributed by atoms with E-state index in [1.54, 1.807) is 17.3 Å². The van der Waals surface area contributed by atoms with Crippen molar-refractivity contribution in [2.24, 2.45) is 0 Å². The van der Waals surface area contributed by atoms with E-state index in [4.69, 9.17) is 16.9 Å². The number of benzene rings is 1. The van der Waals surface area contributed by atoms with Crippen LogP contribution in [0.4, 0.5) is 0 Å². The fourth-order valence-corrected chi connectivity index (χ4v) is 2.50. The predicted octanol–water partition coefficient (Wildman–Crippen LogP) is 3.61. The number of nitriles is 1. The highest BCUT2D eigenvalue weighted by Crippen LogP contribution is 2.13. The van der Waals surface area contributed by atoms with Crippen molar-refractivity contribution in [2.45, 2.75) is 25.8 Å². The van der Waals surface area contributed by atoms with Crippen molar-refractivity contribution in [1.82, 2.24) is 9.88 Å². The molecule has 0 unspecified atom stereocenters. The number of hydrogen-bond donors (Lipinski definition) is 0. The molecule has 5 heteroatoms. The van der Waals surface area contributed by atoms with Crippen LogP contribution < -0.4 is 0 Å². The number of aryl methyl sites for hydroxylation is 1. The van der Waals surface area contributed by atoms with Gasteiger partial charge < -0.3 is 4.90 Å². The maximum absolute atomic E-state index is 12.5. The number of pyridine rings is 1. The zero-order valence-corrected chi connectivity index (χ0v) is 13.5. The molecule has 0 N–H and O–H groups in total. The Morgan fingerprint density at radius 1 is 1.26 bits per heavy atom. The Morgan fingerprint density at radius 2 is 2.09 bits per heavy atom. The van der Waals surface area contributed by atoms with E-state index in [2.05, 4.69) is 11.1 Å². The molecule has 1 aromatic heterocycles. The van der Waals surface area contributed by atoms with Crippen molar-refractivity contribution in [2.75, 3.05) is 6.54 Å². The van der Waals surface area contributed by atoms with E-state index in [1.807, 2.05) is 36.4 Å². The van der Waals surface area contributed by atoms with Gasteiger partial charge in [-0.25, -0.2) is 0 Å². The summed E-state index contributed by atoms with van der Waals surface area (Å²) in [7, 11) is 0. The highest BCUT2D eigenvalue weighted by atomic mass is 35.5. The van der Waals surface area contributed by atoms with Gasteiger partial charge in [-0.1, -0.05) is 29.8 Å². The van der Waals surface area contributed by atoms with E-state index >= 15 is 0 Å². The average molecular weight is 328 g/mol. The number of hydrogen-bond acceptors (Lipinski definition) is 3. The van der Waals surface area contributed by atoms with E-state index in [1.165, 1.54) is 0 Å². The van der Waals surface area contributed by atoms with E-state index in [0.29, 0.717) is 37.4 Å². The van der Waals surface area contributed by atoms with E-state index in [-0.39, 0.29) is 5.91 Å². The Kier molecular flexibility index (Phi) is 6.58. The van der Waals surface area contributed by atoms with Gasteiger partial charge in [0.15, 0.2) is 0 Å². The van der Waals surface area contributed by atoms with Gasteiger partial charge in [-0.15, -0.1) is 0 Å². The van der Waals surface area contributed by atoms with Crippen LogP contribution in [-0.2, 0) is 17.8 Å². The lowest BCUT2D eigenvalue weighted by Gasteiger charge is -2.21. The van der Waals surface area contributed by atoms with Crippen molar-refractivity contribution in [3.63, 3.8) is 0 Å². The molecule has 0 saturated carbocycles. The van der Waals surface area contributed by atoms with Crippen LogP contribution in [0.15, 0.2) is 48.8 Å². The lowest BCUT2D eigenvalue weighted by atomic mass is 10.1. The summed E-state index contributed by atoms with van der Waals surface area (Å²) in [5.74, 6) is 0.0316. The summed E-state index contributed by atoms with van der Waals surface area (Å²) in [6, 6.07) is 13.4. The van der Waals surface area contributed by atoms with Crippen molar-refractivity contribution >= 4 is 17.5 Å². The molecule has 0 atom stereocenters. The lowest BCUT2D eigenvalue weighted by molar-refractivity contribution is -0.131. The molecule has 2 aromatic rings. The molecule has 0 radical (unpaired) electrons. The van der Waals surface area contributed by atoms with Gasteiger partial charge in [0.1, 0.15) is 0 Å². The van der Waals surface area contributed by atoms with E-state index in [9.17, 15) is 4.79 Å². The van der Waals surface area contributed by atoms with E-state index < -0.39 is 0 Å².